The molecule has 144 valence electrons. The van der Waals surface area contributed by atoms with Crippen LogP contribution in [0.3, 0.4) is 0 Å². The van der Waals surface area contributed by atoms with E-state index in [4.69, 9.17) is 4.74 Å². The van der Waals surface area contributed by atoms with E-state index in [-0.39, 0.29) is 16.8 Å². The van der Waals surface area contributed by atoms with Crippen molar-refractivity contribution >= 4 is 5.97 Å². The zero-order valence-electron chi connectivity index (χ0n) is 18.2. The number of carbonyl (C=O) groups is 1. The highest BCUT2D eigenvalue weighted by molar-refractivity contribution is 5.77. The lowest BCUT2D eigenvalue weighted by Gasteiger charge is -2.44. The summed E-state index contributed by atoms with van der Waals surface area (Å²) in [6.07, 6.45) is 1.90. The minimum atomic E-state index is -0.479. The van der Waals surface area contributed by atoms with E-state index in [0.717, 1.165) is 19.4 Å². The molecule has 24 heavy (non-hydrogen) atoms. The predicted molar refractivity (Wildman–Crippen MR) is 104 cm³/mol. The quantitative estimate of drug-likeness (QED) is 0.517. The average Bonchev–Trinajstić information content (AvgIpc) is 2.40. The summed E-state index contributed by atoms with van der Waals surface area (Å²) in [7, 11) is 0. The fraction of sp³-hybridized carbons (Fsp3) is 0.952. The van der Waals surface area contributed by atoms with E-state index in [1.807, 2.05) is 0 Å². The van der Waals surface area contributed by atoms with Gasteiger partial charge >= 0.3 is 5.97 Å². The minimum Gasteiger partial charge on any atom is -0.464 e. The molecule has 0 aromatic heterocycles. The fourth-order valence-electron chi connectivity index (χ4n) is 3.24. The number of hydrogen-bond acceptors (Lipinski definition) is 3. The lowest BCUT2D eigenvalue weighted by Crippen LogP contribution is -2.46. The zero-order valence-corrected chi connectivity index (χ0v) is 18.2. The fourth-order valence-corrected chi connectivity index (χ4v) is 3.24. The Bertz CT molecular complexity index is 385. The zero-order chi connectivity index (χ0) is 19.3. The van der Waals surface area contributed by atoms with Gasteiger partial charge in [-0.2, -0.15) is 0 Å². The van der Waals surface area contributed by atoms with Crippen LogP contribution in [0.15, 0.2) is 0 Å². The molecular weight excluding hydrogens is 298 g/mol. The summed E-state index contributed by atoms with van der Waals surface area (Å²) in [6.45, 7) is 25.2. The Morgan fingerprint density at radius 2 is 1.42 bits per heavy atom. The normalized spacial score (nSPS) is 15.9. The largest absolute Gasteiger partial charge is 0.464 e. The summed E-state index contributed by atoms with van der Waals surface area (Å²) in [5, 5.41) is 0. The number of carbonyl (C=O) groups excluding carboxylic acids is 1. The van der Waals surface area contributed by atoms with Gasteiger partial charge in [-0.05, 0) is 51.9 Å². The minimum absolute atomic E-state index is 0.0519. The van der Waals surface area contributed by atoms with Crippen LogP contribution in [-0.2, 0) is 9.53 Å². The Kier molecular flexibility index (Phi) is 8.48. The van der Waals surface area contributed by atoms with Gasteiger partial charge in [0.25, 0.3) is 0 Å². The maximum atomic E-state index is 13.0. The lowest BCUT2D eigenvalue weighted by atomic mass is 9.60. The van der Waals surface area contributed by atoms with E-state index < -0.39 is 5.41 Å². The van der Waals surface area contributed by atoms with Crippen molar-refractivity contribution in [3.63, 3.8) is 0 Å². The van der Waals surface area contributed by atoms with Crippen molar-refractivity contribution in [3.05, 3.63) is 0 Å². The molecule has 0 radical (unpaired) electrons. The van der Waals surface area contributed by atoms with Gasteiger partial charge in [0.2, 0.25) is 0 Å². The molecule has 0 spiro atoms. The monoisotopic (exact) mass is 341 g/mol. The molecular formula is C21H43NO2. The van der Waals surface area contributed by atoms with Crippen LogP contribution in [0.5, 0.6) is 0 Å². The summed E-state index contributed by atoms with van der Waals surface area (Å²) in [5.41, 5.74) is -0.484. The molecule has 0 saturated carbocycles. The van der Waals surface area contributed by atoms with E-state index in [0.29, 0.717) is 18.7 Å². The molecule has 0 fully saturated rings. The van der Waals surface area contributed by atoms with Crippen LogP contribution in [-0.4, -0.2) is 36.1 Å². The molecule has 0 aliphatic rings. The maximum absolute atomic E-state index is 13.0. The SMILES string of the molecule is CCC(C)(C)CC(C)(C(=O)OCCN(C(C)C)C(C)C)C(C)(C)C. The lowest BCUT2D eigenvalue weighted by molar-refractivity contribution is -0.165. The molecule has 0 aromatic carbocycles. The van der Waals surface area contributed by atoms with Crippen molar-refractivity contribution in [1.82, 2.24) is 4.90 Å². The average molecular weight is 342 g/mol. The molecule has 0 rings (SSSR count). The van der Waals surface area contributed by atoms with Crippen LogP contribution in [0.25, 0.3) is 0 Å². The van der Waals surface area contributed by atoms with Gasteiger partial charge in [-0.15, -0.1) is 0 Å². The van der Waals surface area contributed by atoms with Crippen molar-refractivity contribution in [3.8, 4) is 0 Å². The Morgan fingerprint density at radius 3 is 1.75 bits per heavy atom. The maximum Gasteiger partial charge on any atom is 0.312 e. The molecule has 0 aromatic rings. The van der Waals surface area contributed by atoms with Gasteiger partial charge in [-0.25, -0.2) is 0 Å². The predicted octanol–water partition coefficient (Wildman–Crippen LogP) is 5.53. The summed E-state index contributed by atoms with van der Waals surface area (Å²) in [5.74, 6) is -0.0519. The molecule has 0 N–H and O–H groups in total. The highest BCUT2D eigenvalue weighted by Crippen LogP contribution is 2.48. The molecule has 0 saturated heterocycles. The number of ether oxygens (including phenoxy) is 1. The third-order valence-corrected chi connectivity index (χ3v) is 5.80. The van der Waals surface area contributed by atoms with Crippen molar-refractivity contribution < 1.29 is 9.53 Å². The first-order valence-corrected chi connectivity index (χ1v) is 9.61. The summed E-state index contributed by atoms with van der Waals surface area (Å²) in [4.78, 5) is 15.3. The van der Waals surface area contributed by atoms with Gasteiger partial charge in [-0.3, -0.25) is 9.69 Å². The molecule has 3 heteroatoms. The molecule has 3 nitrogen and oxygen atoms in total. The van der Waals surface area contributed by atoms with Crippen LogP contribution in [0.2, 0.25) is 0 Å². The van der Waals surface area contributed by atoms with Gasteiger partial charge in [0, 0.05) is 18.6 Å². The second kappa shape index (κ2) is 8.69. The van der Waals surface area contributed by atoms with E-state index >= 15 is 0 Å². The van der Waals surface area contributed by atoms with Crippen molar-refractivity contribution in [2.45, 2.75) is 101 Å². The molecule has 0 amide bonds. The van der Waals surface area contributed by atoms with Crippen molar-refractivity contribution in [2.24, 2.45) is 16.2 Å². The Balaban J connectivity index is 5.04. The molecule has 0 aliphatic heterocycles. The molecule has 1 unspecified atom stereocenters. The first kappa shape index (κ1) is 23.4. The summed E-state index contributed by atoms with van der Waals surface area (Å²) >= 11 is 0. The summed E-state index contributed by atoms with van der Waals surface area (Å²) in [6, 6.07) is 0.911. The molecule has 1 atom stereocenters. The van der Waals surface area contributed by atoms with Crippen LogP contribution >= 0.6 is 0 Å². The van der Waals surface area contributed by atoms with E-state index in [1.54, 1.807) is 0 Å². The smallest absolute Gasteiger partial charge is 0.312 e. The number of rotatable bonds is 9. The van der Waals surface area contributed by atoms with Crippen LogP contribution in [0.4, 0.5) is 0 Å². The Hall–Kier alpha value is -0.570. The van der Waals surface area contributed by atoms with E-state index in [1.165, 1.54) is 0 Å². The number of nitrogens with zero attached hydrogens (tertiary/aromatic N) is 1. The van der Waals surface area contributed by atoms with Crippen LogP contribution in [0.1, 0.15) is 89.0 Å². The highest BCUT2D eigenvalue weighted by atomic mass is 16.5. The van der Waals surface area contributed by atoms with Crippen molar-refractivity contribution in [2.75, 3.05) is 13.2 Å². The molecule has 0 heterocycles. The van der Waals surface area contributed by atoms with Gasteiger partial charge in [0.05, 0.1) is 5.41 Å². The topological polar surface area (TPSA) is 29.5 Å². The van der Waals surface area contributed by atoms with E-state index in [9.17, 15) is 4.79 Å². The summed E-state index contributed by atoms with van der Waals surface area (Å²) < 4.78 is 5.77. The number of esters is 1. The van der Waals surface area contributed by atoms with Crippen LogP contribution in [0, 0.1) is 16.2 Å². The second-order valence-electron chi connectivity index (χ2n) is 9.84. The molecule has 0 aliphatic carbocycles. The Morgan fingerprint density at radius 1 is 0.958 bits per heavy atom. The standard InChI is InChI=1S/C21H43NO2/c1-12-20(9,10)15-21(11,19(6,7)8)18(23)24-14-13-22(16(2)3)17(4)5/h16-17H,12-15H2,1-11H3. The van der Waals surface area contributed by atoms with Crippen molar-refractivity contribution in [1.29, 1.82) is 0 Å². The highest BCUT2D eigenvalue weighted by Gasteiger charge is 2.48. The third kappa shape index (κ3) is 6.38. The third-order valence-electron chi connectivity index (χ3n) is 5.80. The Labute approximate surface area is 151 Å². The van der Waals surface area contributed by atoms with Gasteiger partial charge in [0.1, 0.15) is 6.61 Å². The first-order chi connectivity index (χ1) is 10.7. The van der Waals surface area contributed by atoms with Gasteiger partial charge in [-0.1, -0.05) is 48.0 Å². The van der Waals surface area contributed by atoms with E-state index in [2.05, 4.69) is 81.1 Å². The first-order valence-electron chi connectivity index (χ1n) is 9.61. The number of hydrogen-bond donors (Lipinski definition) is 0. The van der Waals surface area contributed by atoms with Gasteiger partial charge in [0.15, 0.2) is 0 Å². The molecule has 0 bridgehead atoms. The van der Waals surface area contributed by atoms with Crippen LogP contribution < -0.4 is 0 Å². The second-order valence-corrected chi connectivity index (χ2v) is 9.84. The van der Waals surface area contributed by atoms with Gasteiger partial charge < -0.3 is 4.74 Å².